The number of alkyl halides is 1. The molecule has 0 aliphatic carbocycles. The average molecular weight is 293 g/mol. The van der Waals surface area contributed by atoms with Gasteiger partial charge in [-0.1, -0.05) is 69.9 Å². The van der Waals surface area contributed by atoms with E-state index in [1.165, 1.54) is 57.8 Å². The van der Waals surface area contributed by atoms with Crippen molar-refractivity contribution in [1.29, 1.82) is 0 Å². The number of likely N-dealkylation sites (N-methyl/N-ethyl adjacent to an activating group) is 1. The van der Waals surface area contributed by atoms with Crippen molar-refractivity contribution in [3.05, 3.63) is 0 Å². The molecule has 0 rings (SSSR count). The lowest BCUT2D eigenvalue weighted by molar-refractivity contribution is -0.902. The molecule has 0 saturated heterocycles. The molecule has 116 valence electrons. The smallest absolute Gasteiger partial charge is 0.164 e. The Labute approximate surface area is 125 Å². The van der Waals surface area contributed by atoms with E-state index in [4.69, 9.17) is 16.7 Å². The van der Waals surface area contributed by atoms with Gasteiger partial charge in [-0.05, 0) is 6.42 Å². The van der Waals surface area contributed by atoms with Crippen molar-refractivity contribution in [2.45, 2.75) is 76.6 Å². The Balaban J connectivity index is 3.39. The normalized spacial score (nSPS) is 13.7. The first-order valence-corrected chi connectivity index (χ1v) is 8.56. The summed E-state index contributed by atoms with van der Waals surface area (Å²) in [5, 5.41) is 9.01. The van der Waals surface area contributed by atoms with Crippen molar-refractivity contribution in [1.82, 2.24) is 0 Å². The van der Waals surface area contributed by atoms with Gasteiger partial charge in [0.2, 0.25) is 0 Å². The molecule has 0 aromatic carbocycles. The Bertz CT molecular complexity index is 197. The van der Waals surface area contributed by atoms with Gasteiger partial charge in [-0.15, -0.1) is 0 Å². The molecule has 19 heavy (non-hydrogen) atoms. The molecule has 0 aliphatic heterocycles. The molecule has 0 amide bonds. The van der Waals surface area contributed by atoms with Crippen LogP contribution in [0.1, 0.15) is 71.1 Å². The maximum Gasteiger partial charge on any atom is 0.164 e. The highest BCUT2D eigenvalue weighted by molar-refractivity contribution is 6.19. The molecule has 2 nitrogen and oxygen atoms in total. The molecule has 1 N–H and O–H groups in total. The molecule has 1 atom stereocenters. The van der Waals surface area contributed by atoms with Crippen LogP contribution in [0.5, 0.6) is 0 Å². The molecular formula is C16H35ClNO+. The highest BCUT2D eigenvalue weighted by atomic mass is 35.5. The van der Waals surface area contributed by atoms with E-state index >= 15 is 0 Å². The molecule has 0 bridgehead atoms. The van der Waals surface area contributed by atoms with E-state index in [0.717, 1.165) is 17.4 Å². The van der Waals surface area contributed by atoms with Crippen LogP contribution in [0.15, 0.2) is 0 Å². The van der Waals surface area contributed by atoms with Crippen LogP contribution in [0.25, 0.3) is 0 Å². The van der Waals surface area contributed by atoms with Crippen LogP contribution in [0.4, 0.5) is 0 Å². The van der Waals surface area contributed by atoms with Gasteiger partial charge in [0, 0.05) is 6.42 Å². The Kier molecular flexibility index (Phi) is 12.1. The molecule has 3 heteroatoms. The van der Waals surface area contributed by atoms with Crippen molar-refractivity contribution >= 4 is 11.6 Å². The summed E-state index contributed by atoms with van der Waals surface area (Å²) < 4.78 is 0.717. The van der Waals surface area contributed by atoms with Crippen LogP contribution in [-0.4, -0.2) is 42.3 Å². The summed E-state index contributed by atoms with van der Waals surface area (Å²) in [5.41, 5.74) is 0.136. The second-order valence-electron chi connectivity index (χ2n) is 6.28. The first-order valence-electron chi connectivity index (χ1n) is 8.12. The van der Waals surface area contributed by atoms with Crippen LogP contribution < -0.4 is 0 Å². The molecule has 0 aromatic rings. The first-order chi connectivity index (χ1) is 9.04. The van der Waals surface area contributed by atoms with Gasteiger partial charge in [0.1, 0.15) is 6.54 Å². The fourth-order valence-electron chi connectivity index (χ4n) is 2.37. The summed E-state index contributed by atoms with van der Waals surface area (Å²) in [6.45, 7) is 3.22. The van der Waals surface area contributed by atoms with E-state index in [1.807, 2.05) is 0 Å². The number of hydrogen-bond acceptors (Lipinski definition) is 1. The van der Waals surface area contributed by atoms with E-state index in [2.05, 4.69) is 21.0 Å². The summed E-state index contributed by atoms with van der Waals surface area (Å²) in [7, 11) is 4.20. The molecule has 0 radical (unpaired) electrons. The number of hydrogen-bond donors (Lipinski definition) is 1. The Hall–Kier alpha value is 0.210. The van der Waals surface area contributed by atoms with Gasteiger partial charge in [-0.3, -0.25) is 0 Å². The van der Waals surface area contributed by atoms with Crippen molar-refractivity contribution in [2.24, 2.45) is 0 Å². The molecule has 0 aromatic heterocycles. The first kappa shape index (κ1) is 19.2. The van der Waals surface area contributed by atoms with Gasteiger partial charge in [0.25, 0.3) is 0 Å². The van der Waals surface area contributed by atoms with E-state index in [-0.39, 0.29) is 12.1 Å². The maximum absolute atomic E-state index is 9.01. The highest BCUT2D eigenvalue weighted by Gasteiger charge is 2.24. The predicted molar refractivity (Wildman–Crippen MR) is 85.5 cm³/mol. The zero-order valence-electron chi connectivity index (χ0n) is 13.3. The number of halogens is 1. The standard InChI is InChI=1S/C16H35ClNO/c1-4-5-6-7-8-9-10-11-12-13-16(17)18(2,3)14-15-19/h16,19H,4-15H2,1-3H3/q+1. The van der Waals surface area contributed by atoms with Gasteiger partial charge >= 0.3 is 0 Å². The lowest BCUT2D eigenvalue weighted by Crippen LogP contribution is -2.47. The fraction of sp³-hybridized carbons (Fsp3) is 1.00. The van der Waals surface area contributed by atoms with Gasteiger partial charge in [-0.25, -0.2) is 0 Å². The van der Waals surface area contributed by atoms with Crippen molar-refractivity contribution in [3.8, 4) is 0 Å². The summed E-state index contributed by atoms with van der Waals surface area (Å²) in [6, 6.07) is 0. The number of aliphatic hydroxyl groups is 1. The molecule has 0 aliphatic rings. The minimum absolute atomic E-state index is 0.136. The van der Waals surface area contributed by atoms with Gasteiger partial charge in [0.15, 0.2) is 5.50 Å². The SMILES string of the molecule is CCCCCCCCCCCC(Cl)[N+](C)(C)CCO. The number of quaternary nitrogens is 1. The van der Waals surface area contributed by atoms with E-state index in [0.29, 0.717) is 0 Å². The van der Waals surface area contributed by atoms with Crippen LogP contribution in [0.3, 0.4) is 0 Å². The Morgan fingerprint density at radius 3 is 1.84 bits per heavy atom. The molecule has 0 saturated carbocycles. The number of unbranched alkanes of at least 4 members (excludes halogenated alkanes) is 8. The second kappa shape index (κ2) is 12.0. The summed E-state index contributed by atoms with van der Waals surface area (Å²) in [4.78, 5) is 0. The second-order valence-corrected chi connectivity index (χ2v) is 6.78. The minimum Gasteiger partial charge on any atom is -0.391 e. The zero-order chi connectivity index (χ0) is 14.6. The zero-order valence-corrected chi connectivity index (χ0v) is 14.1. The molecule has 0 heterocycles. The Morgan fingerprint density at radius 1 is 0.895 bits per heavy atom. The fourth-order valence-corrected chi connectivity index (χ4v) is 2.62. The molecular weight excluding hydrogens is 258 g/mol. The van der Waals surface area contributed by atoms with Crippen molar-refractivity contribution < 1.29 is 9.59 Å². The third kappa shape index (κ3) is 10.6. The van der Waals surface area contributed by atoms with Crippen LogP contribution >= 0.6 is 11.6 Å². The van der Waals surface area contributed by atoms with Crippen LogP contribution in [0.2, 0.25) is 0 Å². The number of rotatable bonds is 13. The van der Waals surface area contributed by atoms with Crippen molar-refractivity contribution in [3.63, 3.8) is 0 Å². The summed E-state index contributed by atoms with van der Waals surface area (Å²) >= 11 is 6.41. The Morgan fingerprint density at radius 2 is 1.37 bits per heavy atom. The molecule has 1 unspecified atom stereocenters. The number of nitrogens with zero attached hydrogens (tertiary/aromatic N) is 1. The average Bonchev–Trinajstić information content (AvgIpc) is 2.36. The quantitative estimate of drug-likeness (QED) is 0.229. The van der Waals surface area contributed by atoms with Crippen molar-refractivity contribution in [2.75, 3.05) is 27.2 Å². The summed E-state index contributed by atoms with van der Waals surface area (Å²) in [6.07, 6.45) is 13.3. The molecule has 0 spiro atoms. The van der Waals surface area contributed by atoms with Crippen LogP contribution in [-0.2, 0) is 0 Å². The number of aliphatic hydroxyl groups excluding tert-OH is 1. The monoisotopic (exact) mass is 292 g/mol. The van der Waals surface area contributed by atoms with E-state index in [9.17, 15) is 0 Å². The lowest BCUT2D eigenvalue weighted by Gasteiger charge is -2.33. The van der Waals surface area contributed by atoms with Crippen LogP contribution in [0, 0.1) is 0 Å². The largest absolute Gasteiger partial charge is 0.391 e. The molecule has 0 fully saturated rings. The summed E-state index contributed by atoms with van der Waals surface area (Å²) in [5.74, 6) is 0. The van der Waals surface area contributed by atoms with Gasteiger partial charge in [-0.2, -0.15) is 0 Å². The third-order valence-corrected chi connectivity index (χ3v) is 4.73. The van der Waals surface area contributed by atoms with Gasteiger partial charge < -0.3 is 9.59 Å². The van der Waals surface area contributed by atoms with E-state index in [1.54, 1.807) is 0 Å². The lowest BCUT2D eigenvalue weighted by atomic mass is 10.1. The van der Waals surface area contributed by atoms with Gasteiger partial charge in [0.05, 0.1) is 20.7 Å². The maximum atomic E-state index is 9.01. The minimum atomic E-state index is 0.136. The predicted octanol–water partition coefficient (Wildman–Crippen LogP) is 4.54. The highest BCUT2D eigenvalue weighted by Crippen LogP contribution is 2.19. The third-order valence-electron chi connectivity index (χ3n) is 3.98. The topological polar surface area (TPSA) is 20.2 Å². The van der Waals surface area contributed by atoms with E-state index < -0.39 is 0 Å².